The van der Waals surface area contributed by atoms with Gasteiger partial charge in [0.05, 0.1) is 29.1 Å². The van der Waals surface area contributed by atoms with Crippen LogP contribution in [-0.4, -0.2) is 52.5 Å². The van der Waals surface area contributed by atoms with E-state index in [4.69, 9.17) is 9.47 Å². The van der Waals surface area contributed by atoms with Gasteiger partial charge in [0.2, 0.25) is 0 Å². The average Bonchev–Trinajstić information content (AvgIpc) is 3.72. The summed E-state index contributed by atoms with van der Waals surface area (Å²) in [5.74, 6) is 0.104. The van der Waals surface area contributed by atoms with Crippen LogP contribution in [0, 0.1) is 12.7 Å². The van der Waals surface area contributed by atoms with E-state index < -0.39 is 11.2 Å². The molecular weight excluding hydrogens is 463 g/mol. The second kappa shape index (κ2) is 8.90. The summed E-state index contributed by atoms with van der Waals surface area (Å²) in [6, 6.07) is 3.36. The van der Waals surface area contributed by atoms with Gasteiger partial charge in [0, 0.05) is 62.1 Å². The average molecular weight is 493 g/mol. The van der Waals surface area contributed by atoms with Gasteiger partial charge < -0.3 is 24.0 Å². The van der Waals surface area contributed by atoms with E-state index >= 15 is 4.39 Å². The van der Waals surface area contributed by atoms with E-state index in [1.807, 2.05) is 22.6 Å². The first-order valence-electron chi connectivity index (χ1n) is 12.3. The molecule has 1 aromatic carbocycles. The molecule has 2 aliphatic heterocycles. The van der Waals surface area contributed by atoms with E-state index in [1.54, 1.807) is 12.3 Å². The molecule has 0 radical (unpaired) electrons. The normalized spacial score (nSPS) is 18.2. The first kappa shape index (κ1) is 23.0. The van der Waals surface area contributed by atoms with Gasteiger partial charge >= 0.3 is 0 Å². The largest absolute Gasteiger partial charge is 0.508 e. The van der Waals surface area contributed by atoms with Crippen molar-refractivity contribution in [1.29, 1.82) is 0 Å². The van der Waals surface area contributed by atoms with Gasteiger partial charge in [-0.15, -0.1) is 0 Å². The van der Waals surface area contributed by atoms with E-state index in [1.165, 1.54) is 6.07 Å². The lowest BCUT2D eigenvalue weighted by atomic mass is 10.1. The maximum absolute atomic E-state index is 15.3. The summed E-state index contributed by atoms with van der Waals surface area (Å²) in [4.78, 5) is 21.8. The van der Waals surface area contributed by atoms with Crippen LogP contribution in [0.25, 0.3) is 16.7 Å². The number of fused-ring (bicyclic) bond motifs is 2. The molecule has 2 fully saturated rings. The lowest BCUT2D eigenvalue weighted by Crippen LogP contribution is -2.46. The number of aryl methyl sites for hydroxylation is 1. The van der Waals surface area contributed by atoms with E-state index in [9.17, 15) is 9.90 Å². The molecule has 0 unspecified atom stereocenters. The molecule has 1 aliphatic carbocycles. The number of anilines is 1. The van der Waals surface area contributed by atoms with Gasteiger partial charge in [-0.05, 0) is 37.5 Å². The Morgan fingerprint density at radius 1 is 1.25 bits per heavy atom. The minimum Gasteiger partial charge on any atom is -0.508 e. The molecule has 0 atom stereocenters. The Morgan fingerprint density at radius 2 is 2.03 bits per heavy atom. The van der Waals surface area contributed by atoms with Gasteiger partial charge in [0.25, 0.3) is 0 Å². The smallest absolute Gasteiger partial charge is 0.200 e. The third-order valence-corrected chi connectivity index (χ3v) is 7.40. The Bertz CT molecular complexity index is 1420. The molecule has 1 saturated heterocycles. The standard InChI is InChI=1S/C27H29FN4O4/c1-16-27-22(14-35-15-36-27)18(11-29-16)12-30-5-7-31(8-6-30)25-10-24-20(9-23(25)28)26(34)21(17(2)33)13-32(24)19-3-4-19/h9-11,13,19,33H,2-8,12,14-15H2,1H3. The van der Waals surface area contributed by atoms with Crippen molar-refractivity contribution < 1.29 is 19.0 Å². The summed E-state index contributed by atoms with van der Waals surface area (Å²) in [7, 11) is 0. The van der Waals surface area contributed by atoms with Gasteiger partial charge in [-0.25, -0.2) is 4.39 Å². The van der Waals surface area contributed by atoms with Gasteiger partial charge in [-0.3, -0.25) is 14.7 Å². The lowest BCUT2D eigenvalue weighted by Gasteiger charge is -2.37. The van der Waals surface area contributed by atoms with Crippen molar-refractivity contribution in [2.24, 2.45) is 0 Å². The quantitative estimate of drug-likeness (QED) is 0.541. The SMILES string of the molecule is C=C(O)c1cn(C2CC2)c2cc(N3CCN(Cc4cnc(C)c5c4COCO5)CC3)c(F)cc2c1=O. The number of hydrogen-bond acceptors (Lipinski definition) is 7. The molecule has 3 aliphatic rings. The zero-order chi connectivity index (χ0) is 25.0. The van der Waals surface area contributed by atoms with Crippen molar-refractivity contribution in [2.75, 3.05) is 37.9 Å². The van der Waals surface area contributed by atoms with Crippen LogP contribution in [0.3, 0.4) is 0 Å². The zero-order valence-electron chi connectivity index (χ0n) is 20.3. The van der Waals surface area contributed by atoms with Crippen molar-refractivity contribution in [3.63, 3.8) is 0 Å². The van der Waals surface area contributed by atoms with Crippen LogP contribution < -0.4 is 15.1 Å². The third-order valence-electron chi connectivity index (χ3n) is 7.40. The molecule has 36 heavy (non-hydrogen) atoms. The Hall–Kier alpha value is -3.43. The van der Waals surface area contributed by atoms with Gasteiger partial charge in [0.15, 0.2) is 12.2 Å². The fraction of sp³-hybridized carbons (Fsp3) is 0.407. The second-order valence-electron chi connectivity index (χ2n) is 9.83. The Balaban J connectivity index is 1.24. The van der Waals surface area contributed by atoms with Crippen LogP contribution in [0.4, 0.5) is 10.1 Å². The minimum absolute atomic E-state index is 0.124. The summed E-state index contributed by atoms with van der Waals surface area (Å²) in [5, 5.41) is 10.2. The first-order valence-corrected chi connectivity index (χ1v) is 12.3. The fourth-order valence-corrected chi connectivity index (χ4v) is 5.25. The molecule has 0 amide bonds. The molecule has 6 rings (SSSR count). The minimum atomic E-state index is -0.429. The number of halogens is 1. The van der Waals surface area contributed by atoms with Gasteiger partial charge in [0.1, 0.15) is 17.3 Å². The van der Waals surface area contributed by atoms with Crippen LogP contribution in [-0.2, 0) is 17.9 Å². The maximum atomic E-state index is 15.3. The summed E-state index contributed by atoms with van der Waals surface area (Å²) in [6.07, 6.45) is 5.55. The highest BCUT2D eigenvalue weighted by Crippen LogP contribution is 2.38. The third kappa shape index (κ3) is 4.02. The number of rotatable bonds is 5. The number of pyridine rings is 2. The number of aromatic nitrogens is 2. The fourth-order valence-electron chi connectivity index (χ4n) is 5.25. The van der Waals surface area contributed by atoms with E-state index in [-0.39, 0.29) is 29.5 Å². The molecule has 0 bridgehead atoms. The Morgan fingerprint density at radius 3 is 2.75 bits per heavy atom. The number of ether oxygens (including phenoxy) is 2. The van der Waals surface area contributed by atoms with Gasteiger partial charge in [-0.2, -0.15) is 0 Å². The predicted molar refractivity (Wildman–Crippen MR) is 135 cm³/mol. The monoisotopic (exact) mass is 492 g/mol. The van der Waals surface area contributed by atoms with Crippen LogP contribution in [0.1, 0.15) is 41.3 Å². The molecule has 188 valence electrons. The summed E-state index contributed by atoms with van der Waals surface area (Å²) < 4.78 is 28.5. The predicted octanol–water partition coefficient (Wildman–Crippen LogP) is 3.90. The first-order chi connectivity index (χ1) is 17.4. The number of piperazine rings is 1. The molecule has 1 N–H and O–H groups in total. The van der Waals surface area contributed by atoms with E-state index in [0.717, 1.165) is 55.0 Å². The second-order valence-corrected chi connectivity index (χ2v) is 9.83. The molecule has 1 saturated carbocycles. The highest BCUT2D eigenvalue weighted by Gasteiger charge is 2.28. The molecule has 0 spiro atoms. The lowest BCUT2D eigenvalue weighted by molar-refractivity contribution is -0.0180. The van der Waals surface area contributed by atoms with Crippen molar-refractivity contribution in [3.8, 4) is 5.75 Å². The van der Waals surface area contributed by atoms with E-state index in [0.29, 0.717) is 30.9 Å². The zero-order valence-corrected chi connectivity index (χ0v) is 20.3. The molecule has 2 aromatic heterocycles. The van der Waals surface area contributed by atoms with Crippen molar-refractivity contribution >= 4 is 22.3 Å². The van der Waals surface area contributed by atoms with Crippen LogP contribution in [0.15, 0.2) is 35.9 Å². The van der Waals surface area contributed by atoms with Crippen molar-refractivity contribution in [2.45, 2.75) is 39.0 Å². The highest BCUT2D eigenvalue weighted by molar-refractivity contribution is 5.85. The van der Waals surface area contributed by atoms with Crippen LogP contribution in [0.5, 0.6) is 5.75 Å². The molecule has 4 heterocycles. The maximum Gasteiger partial charge on any atom is 0.200 e. The van der Waals surface area contributed by atoms with Crippen LogP contribution >= 0.6 is 0 Å². The Labute approximate surface area is 208 Å². The number of aliphatic hydroxyl groups is 1. The molecular formula is C27H29FN4O4. The van der Waals surface area contributed by atoms with Gasteiger partial charge in [-0.1, -0.05) is 6.58 Å². The highest BCUT2D eigenvalue weighted by atomic mass is 19.1. The molecule has 9 heteroatoms. The summed E-state index contributed by atoms with van der Waals surface area (Å²) in [5.41, 5.74) is 3.95. The van der Waals surface area contributed by atoms with Crippen molar-refractivity contribution in [3.05, 3.63) is 69.5 Å². The van der Waals surface area contributed by atoms with E-state index in [2.05, 4.69) is 16.5 Å². The number of aliphatic hydroxyl groups excluding tert-OH is 1. The summed E-state index contributed by atoms with van der Waals surface area (Å²) in [6.45, 7) is 9.80. The Kier molecular flexibility index (Phi) is 5.69. The topological polar surface area (TPSA) is 80.1 Å². The molecule has 8 nitrogen and oxygen atoms in total. The van der Waals surface area contributed by atoms with Crippen molar-refractivity contribution in [1.82, 2.24) is 14.5 Å². The number of hydrogen-bond donors (Lipinski definition) is 1. The molecule has 3 aromatic rings. The summed E-state index contributed by atoms with van der Waals surface area (Å²) >= 11 is 0. The number of benzene rings is 1. The van der Waals surface area contributed by atoms with Crippen LogP contribution in [0.2, 0.25) is 0 Å². The number of nitrogens with zero attached hydrogens (tertiary/aromatic N) is 4.